The Labute approximate surface area is 214 Å². The van der Waals surface area contributed by atoms with Gasteiger partial charge >= 0.3 is 0 Å². The highest BCUT2D eigenvalue weighted by molar-refractivity contribution is 6.09. The summed E-state index contributed by atoms with van der Waals surface area (Å²) in [5.74, 6) is 0.315. The Hall–Kier alpha value is -4.90. The first kappa shape index (κ1) is 25.2. The van der Waals surface area contributed by atoms with Gasteiger partial charge in [0, 0.05) is 18.0 Å². The summed E-state index contributed by atoms with van der Waals surface area (Å²) < 4.78 is 12.5. The smallest absolute Gasteiger partial charge is 0.269 e. The van der Waals surface area contributed by atoms with Crippen LogP contribution in [0.5, 0.6) is 17.4 Å². The minimum absolute atomic E-state index is 0.0124. The zero-order chi connectivity index (χ0) is 26.6. The monoisotopic (exact) mass is 494 g/mol. The van der Waals surface area contributed by atoms with Crippen LogP contribution in [0.25, 0.3) is 11.7 Å². The molecule has 0 spiro atoms. The molecule has 1 N–H and O–H groups in total. The molecule has 0 bridgehead atoms. The first-order chi connectivity index (χ1) is 17.7. The average Bonchev–Trinajstić information content (AvgIpc) is 2.88. The molecule has 8 heteroatoms. The molecule has 0 radical (unpaired) electrons. The number of fused-ring (bicyclic) bond motifs is 1. The number of carbonyl (C=O) groups is 1. The van der Waals surface area contributed by atoms with Crippen LogP contribution in [0.15, 0.2) is 83.3 Å². The number of amides is 1. The molecule has 0 aliphatic rings. The molecule has 4 aromatic rings. The lowest BCUT2D eigenvalue weighted by Crippen LogP contribution is -2.20. The minimum Gasteiger partial charge on any atom is -0.497 e. The van der Waals surface area contributed by atoms with Gasteiger partial charge in [-0.3, -0.25) is 14.0 Å². The number of ether oxygens (including phenoxy) is 2. The molecule has 186 valence electrons. The van der Waals surface area contributed by atoms with Crippen LogP contribution in [0, 0.1) is 11.3 Å². The highest BCUT2D eigenvalue weighted by atomic mass is 16.5. The van der Waals surface area contributed by atoms with Crippen LogP contribution < -0.4 is 20.3 Å². The summed E-state index contributed by atoms with van der Waals surface area (Å²) in [5.41, 5.74) is 1.09. The number of nitrogens with one attached hydrogen (secondary N) is 1. The van der Waals surface area contributed by atoms with Crippen molar-refractivity contribution in [3.05, 3.63) is 100.0 Å². The van der Waals surface area contributed by atoms with Crippen molar-refractivity contribution in [1.82, 2.24) is 9.38 Å². The van der Waals surface area contributed by atoms with Crippen molar-refractivity contribution in [2.24, 2.45) is 0 Å². The fourth-order valence-electron chi connectivity index (χ4n) is 3.61. The molecule has 2 aromatic carbocycles. The van der Waals surface area contributed by atoms with E-state index in [1.165, 1.54) is 17.6 Å². The normalized spacial score (nSPS) is 11.6. The van der Waals surface area contributed by atoms with Gasteiger partial charge in [0.15, 0.2) is 0 Å². The topological polar surface area (TPSA) is 106 Å². The van der Waals surface area contributed by atoms with Crippen LogP contribution in [0.3, 0.4) is 0 Å². The van der Waals surface area contributed by atoms with Crippen LogP contribution in [0.1, 0.15) is 31.9 Å². The van der Waals surface area contributed by atoms with Crippen LogP contribution >= 0.6 is 0 Å². The predicted octanol–water partition coefficient (Wildman–Crippen LogP) is 5.34. The van der Waals surface area contributed by atoms with E-state index in [-0.39, 0.29) is 22.4 Å². The summed E-state index contributed by atoms with van der Waals surface area (Å²) in [6.07, 6.45) is 2.76. The Morgan fingerprint density at radius 3 is 2.49 bits per heavy atom. The molecular weight excluding hydrogens is 468 g/mol. The van der Waals surface area contributed by atoms with Gasteiger partial charge in [-0.05, 0) is 53.5 Å². The molecule has 37 heavy (non-hydrogen) atoms. The zero-order valence-corrected chi connectivity index (χ0v) is 21.0. The lowest BCUT2D eigenvalue weighted by Gasteiger charge is -2.19. The number of anilines is 1. The number of nitrogens with zero attached hydrogens (tertiary/aromatic N) is 3. The molecule has 0 aliphatic carbocycles. The van der Waals surface area contributed by atoms with E-state index in [2.05, 4.69) is 31.1 Å². The van der Waals surface area contributed by atoms with Crippen molar-refractivity contribution in [2.75, 3.05) is 12.4 Å². The third kappa shape index (κ3) is 5.68. The number of methoxy groups -OCH3 is 1. The van der Waals surface area contributed by atoms with Crippen molar-refractivity contribution < 1.29 is 14.3 Å². The van der Waals surface area contributed by atoms with Gasteiger partial charge in [-0.2, -0.15) is 10.2 Å². The van der Waals surface area contributed by atoms with E-state index in [1.54, 1.807) is 60.8 Å². The average molecular weight is 495 g/mol. The number of hydrogen-bond acceptors (Lipinski definition) is 6. The summed E-state index contributed by atoms with van der Waals surface area (Å²) in [5, 5.41) is 12.4. The van der Waals surface area contributed by atoms with Crippen molar-refractivity contribution >= 4 is 23.3 Å². The number of aromatic nitrogens is 2. The van der Waals surface area contributed by atoms with Crippen molar-refractivity contribution in [3.8, 4) is 23.4 Å². The van der Waals surface area contributed by atoms with Gasteiger partial charge < -0.3 is 14.8 Å². The highest BCUT2D eigenvalue weighted by Gasteiger charge is 2.18. The van der Waals surface area contributed by atoms with Crippen molar-refractivity contribution in [3.63, 3.8) is 0 Å². The highest BCUT2D eigenvalue weighted by Crippen LogP contribution is 2.28. The van der Waals surface area contributed by atoms with Crippen LogP contribution in [0.2, 0.25) is 0 Å². The Bertz CT molecular complexity index is 1590. The zero-order valence-electron chi connectivity index (χ0n) is 21.0. The number of nitriles is 1. The molecule has 0 fully saturated rings. The molecule has 2 heterocycles. The third-order valence-electron chi connectivity index (χ3n) is 5.65. The number of hydrogen-bond donors (Lipinski definition) is 1. The van der Waals surface area contributed by atoms with E-state index in [1.807, 2.05) is 18.2 Å². The fraction of sp³-hybridized carbons (Fsp3) is 0.172. The Balaban J connectivity index is 1.76. The quantitative estimate of drug-likeness (QED) is 0.287. The molecule has 1 amide bonds. The first-order valence-electron chi connectivity index (χ1n) is 11.6. The van der Waals surface area contributed by atoms with Gasteiger partial charge in [0.25, 0.3) is 11.5 Å². The summed E-state index contributed by atoms with van der Waals surface area (Å²) in [6, 6.07) is 21.2. The Morgan fingerprint density at radius 2 is 1.81 bits per heavy atom. The Morgan fingerprint density at radius 1 is 1.05 bits per heavy atom. The maximum atomic E-state index is 13.4. The minimum atomic E-state index is -0.686. The summed E-state index contributed by atoms with van der Waals surface area (Å²) >= 11 is 0. The lowest BCUT2D eigenvalue weighted by atomic mass is 9.87. The molecule has 0 atom stereocenters. The van der Waals surface area contributed by atoms with E-state index in [9.17, 15) is 14.9 Å². The van der Waals surface area contributed by atoms with Crippen LogP contribution in [0.4, 0.5) is 5.69 Å². The van der Waals surface area contributed by atoms with E-state index < -0.39 is 11.5 Å². The number of pyridine rings is 1. The SMILES string of the molecule is COc1cccc(NC(=O)C(C#N)=Cc2c(Oc3ccc(C(C)(C)C)cc3)nc3ccccn3c2=O)c1. The number of carbonyl (C=O) groups excluding carboxylic acids is 1. The molecule has 0 saturated heterocycles. The second kappa shape index (κ2) is 10.4. The van der Waals surface area contributed by atoms with Gasteiger partial charge in [0.2, 0.25) is 5.88 Å². The van der Waals surface area contributed by atoms with Crippen molar-refractivity contribution in [1.29, 1.82) is 5.26 Å². The van der Waals surface area contributed by atoms with Gasteiger partial charge in [-0.1, -0.05) is 45.0 Å². The second-order valence-corrected chi connectivity index (χ2v) is 9.30. The molecule has 0 aliphatic heterocycles. The predicted molar refractivity (Wildman–Crippen MR) is 142 cm³/mol. The van der Waals surface area contributed by atoms with E-state index in [4.69, 9.17) is 9.47 Å². The summed E-state index contributed by atoms with van der Waals surface area (Å²) in [6.45, 7) is 6.33. The molecule has 2 aromatic heterocycles. The van der Waals surface area contributed by atoms with Gasteiger partial charge in [-0.15, -0.1) is 0 Å². The molecule has 8 nitrogen and oxygen atoms in total. The summed E-state index contributed by atoms with van der Waals surface area (Å²) in [4.78, 5) is 30.8. The third-order valence-corrected chi connectivity index (χ3v) is 5.65. The standard InChI is InChI=1S/C29H26N4O4/c1-29(2,3)20-11-13-22(14-12-20)37-27-24(28(35)33-15-6-5-10-25(33)32-27)16-19(18-30)26(34)31-21-8-7-9-23(17-21)36-4/h5-17H,1-4H3,(H,31,34). The van der Waals surface area contributed by atoms with Gasteiger partial charge in [-0.25, -0.2) is 0 Å². The number of rotatable bonds is 6. The second-order valence-electron chi connectivity index (χ2n) is 9.30. The van der Waals surface area contributed by atoms with E-state index in [0.717, 1.165) is 5.56 Å². The van der Waals surface area contributed by atoms with Gasteiger partial charge in [0.1, 0.15) is 34.4 Å². The van der Waals surface area contributed by atoms with Crippen molar-refractivity contribution in [2.45, 2.75) is 26.2 Å². The van der Waals surface area contributed by atoms with E-state index in [0.29, 0.717) is 22.8 Å². The van der Waals surface area contributed by atoms with Crippen LogP contribution in [-0.4, -0.2) is 22.4 Å². The molecule has 0 unspecified atom stereocenters. The maximum absolute atomic E-state index is 13.4. The van der Waals surface area contributed by atoms with Crippen LogP contribution in [-0.2, 0) is 10.2 Å². The van der Waals surface area contributed by atoms with Gasteiger partial charge in [0.05, 0.1) is 7.11 Å². The summed E-state index contributed by atoms with van der Waals surface area (Å²) in [7, 11) is 1.51. The lowest BCUT2D eigenvalue weighted by molar-refractivity contribution is -0.112. The number of benzene rings is 2. The molecular formula is C29H26N4O4. The maximum Gasteiger partial charge on any atom is 0.269 e. The molecule has 0 saturated carbocycles. The largest absolute Gasteiger partial charge is 0.497 e. The Kier molecular flexibility index (Phi) is 7.07. The first-order valence-corrected chi connectivity index (χ1v) is 11.6. The fourth-order valence-corrected chi connectivity index (χ4v) is 3.61. The van der Waals surface area contributed by atoms with E-state index >= 15 is 0 Å². The molecule has 4 rings (SSSR count).